The Hall–Kier alpha value is -3.29. The van der Waals surface area contributed by atoms with E-state index < -0.39 is 23.8 Å². The summed E-state index contributed by atoms with van der Waals surface area (Å²) in [4.78, 5) is 28.5. The monoisotopic (exact) mass is 415 g/mol. The first kappa shape index (κ1) is 20.0. The summed E-state index contributed by atoms with van der Waals surface area (Å²) in [5.74, 6) is -0.352. The molecule has 156 valence electrons. The zero-order valence-electron chi connectivity index (χ0n) is 16.2. The molecule has 3 amide bonds. The number of rotatable bonds is 4. The summed E-state index contributed by atoms with van der Waals surface area (Å²) in [7, 11) is 1.52. The molecule has 0 aromatic heterocycles. The van der Waals surface area contributed by atoms with Crippen molar-refractivity contribution in [2.75, 3.05) is 20.1 Å². The molecule has 2 aromatic carbocycles. The minimum Gasteiger partial charge on any atom is -0.333 e. The fraction of sp³-hybridized carbons (Fsp3) is 0.273. The van der Waals surface area contributed by atoms with Gasteiger partial charge < -0.3 is 10.2 Å². The first-order chi connectivity index (χ1) is 14.3. The topological polar surface area (TPSA) is 52.7 Å². The molecule has 4 rings (SSSR count). The van der Waals surface area contributed by atoms with E-state index in [2.05, 4.69) is 5.32 Å². The molecule has 0 unspecified atom stereocenters. The Balaban J connectivity index is 1.66. The summed E-state index contributed by atoms with van der Waals surface area (Å²) < 4.78 is 40.7. The molecule has 8 heteroatoms. The van der Waals surface area contributed by atoms with E-state index in [0.717, 1.165) is 11.6 Å². The van der Waals surface area contributed by atoms with E-state index in [1.807, 2.05) is 30.3 Å². The largest absolute Gasteiger partial charge is 0.416 e. The number of nitrogens with one attached hydrogen (secondary N) is 1. The molecule has 1 N–H and O–H groups in total. The van der Waals surface area contributed by atoms with Gasteiger partial charge in [-0.05, 0) is 23.6 Å². The molecule has 2 aromatic rings. The number of hydrogen-bond acceptors (Lipinski definition) is 2. The fourth-order valence-electron chi connectivity index (χ4n) is 3.95. The molecule has 0 saturated heterocycles. The number of carbonyl (C=O) groups is 2. The summed E-state index contributed by atoms with van der Waals surface area (Å²) in [5.41, 5.74) is 0.705. The van der Waals surface area contributed by atoms with Gasteiger partial charge in [-0.15, -0.1) is 0 Å². The van der Waals surface area contributed by atoms with E-state index in [0.29, 0.717) is 18.7 Å². The van der Waals surface area contributed by atoms with Gasteiger partial charge in [0.2, 0.25) is 0 Å². The molecular formula is C22H20F3N3O2. The van der Waals surface area contributed by atoms with Gasteiger partial charge in [0.05, 0.1) is 29.4 Å². The molecule has 0 bridgehead atoms. The first-order valence-corrected chi connectivity index (χ1v) is 9.54. The predicted molar refractivity (Wildman–Crippen MR) is 104 cm³/mol. The van der Waals surface area contributed by atoms with Crippen molar-refractivity contribution in [3.05, 3.63) is 82.6 Å². The minimum atomic E-state index is -4.60. The van der Waals surface area contributed by atoms with Crippen molar-refractivity contribution in [1.82, 2.24) is 15.1 Å². The van der Waals surface area contributed by atoms with Crippen molar-refractivity contribution in [1.29, 1.82) is 0 Å². The van der Waals surface area contributed by atoms with E-state index in [4.69, 9.17) is 0 Å². The molecule has 2 heterocycles. The Morgan fingerprint density at radius 1 is 1.03 bits per heavy atom. The standard InChI is InChI=1S/C22H20F3N3O2/c1-27-17-13-28(12-11-14-7-3-2-4-8-14)20(29)18(17)19(26-21(27)30)15-9-5-6-10-16(15)22(23,24)25/h2-10,19H,11-13H2,1H3,(H,26,30)/t19-/m0/s1. The van der Waals surface area contributed by atoms with E-state index in [-0.39, 0.29) is 23.6 Å². The molecule has 30 heavy (non-hydrogen) atoms. The van der Waals surface area contributed by atoms with Crippen molar-refractivity contribution in [3.8, 4) is 0 Å². The highest BCUT2D eigenvalue weighted by molar-refractivity contribution is 6.01. The maximum atomic E-state index is 13.6. The third-order valence-electron chi connectivity index (χ3n) is 5.53. The lowest BCUT2D eigenvalue weighted by Gasteiger charge is -2.32. The summed E-state index contributed by atoms with van der Waals surface area (Å²) in [6, 6.07) is 13.0. The van der Waals surface area contributed by atoms with E-state index in [1.165, 1.54) is 30.1 Å². The van der Waals surface area contributed by atoms with Crippen LogP contribution in [0.3, 0.4) is 0 Å². The van der Waals surface area contributed by atoms with Gasteiger partial charge in [-0.3, -0.25) is 9.69 Å². The van der Waals surface area contributed by atoms with Crippen LogP contribution in [0.25, 0.3) is 0 Å². The number of hydrogen-bond donors (Lipinski definition) is 1. The number of nitrogens with zero attached hydrogens (tertiary/aromatic N) is 2. The molecule has 2 aliphatic heterocycles. The van der Waals surface area contributed by atoms with Gasteiger partial charge in [-0.2, -0.15) is 13.2 Å². The van der Waals surface area contributed by atoms with Gasteiger partial charge in [0, 0.05) is 13.6 Å². The van der Waals surface area contributed by atoms with Crippen LogP contribution in [-0.2, 0) is 17.4 Å². The molecule has 0 saturated carbocycles. The Morgan fingerprint density at radius 3 is 2.40 bits per heavy atom. The third-order valence-corrected chi connectivity index (χ3v) is 5.53. The lowest BCUT2D eigenvalue weighted by molar-refractivity contribution is -0.138. The zero-order chi connectivity index (χ0) is 21.5. The number of alkyl halides is 3. The second-order valence-corrected chi connectivity index (χ2v) is 7.35. The van der Waals surface area contributed by atoms with Gasteiger partial charge in [-0.1, -0.05) is 48.5 Å². The highest BCUT2D eigenvalue weighted by Crippen LogP contribution is 2.41. The molecule has 0 fully saturated rings. The molecule has 5 nitrogen and oxygen atoms in total. The lowest BCUT2D eigenvalue weighted by Crippen LogP contribution is -2.45. The smallest absolute Gasteiger partial charge is 0.333 e. The van der Waals surface area contributed by atoms with Crippen LogP contribution < -0.4 is 5.32 Å². The van der Waals surface area contributed by atoms with Crippen LogP contribution in [0.4, 0.5) is 18.0 Å². The van der Waals surface area contributed by atoms with Crippen molar-refractivity contribution >= 4 is 11.9 Å². The fourth-order valence-corrected chi connectivity index (χ4v) is 3.95. The van der Waals surface area contributed by atoms with Crippen LogP contribution in [-0.4, -0.2) is 41.9 Å². The van der Waals surface area contributed by atoms with E-state index in [1.54, 1.807) is 4.90 Å². The van der Waals surface area contributed by atoms with Gasteiger partial charge in [0.25, 0.3) is 5.91 Å². The van der Waals surface area contributed by atoms with Crippen molar-refractivity contribution in [2.45, 2.75) is 18.6 Å². The maximum Gasteiger partial charge on any atom is 0.416 e. The minimum absolute atomic E-state index is 0.128. The van der Waals surface area contributed by atoms with Crippen molar-refractivity contribution in [2.24, 2.45) is 0 Å². The maximum absolute atomic E-state index is 13.6. The van der Waals surface area contributed by atoms with Gasteiger partial charge in [-0.25, -0.2) is 4.79 Å². The number of benzene rings is 2. The summed E-state index contributed by atoms with van der Waals surface area (Å²) >= 11 is 0. The molecule has 1 atom stereocenters. The number of likely N-dealkylation sites (N-methyl/N-ethyl adjacent to an activating group) is 1. The second kappa shape index (κ2) is 7.51. The molecule has 0 aliphatic carbocycles. The Kier molecular flexibility index (Phi) is 5.01. The van der Waals surface area contributed by atoms with Gasteiger partial charge in [0.15, 0.2) is 0 Å². The quantitative estimate of drug-likeness (QED) is 0.827. The molecule has 0 radical (unpaired) electrons. The molecule has 0 spiro atoms. The number of halogens is 3. The van der Waals surface area contributed by atoms with E-state index >= 15 is 0 Å². The van der Waals surface area contributed by atoms with Gasteiger partial charge in [0.1, 0.15) is 0 Å². The zero-order valence-corrected chi connectivity index (χ0v) is 16.2. The summed E-state index contributed by atoms with van der Waals surface area (Å²) in [5, 5.41) is 2.57. The van der Waals surface area contributed by atoms with Crippen LogP contribution in [0.15, 0.2) is 65.9 Å². The summed E-state index contributed by atoms with van der Waals surface area (Å²) in [6.45, 7) is 0.598. The first-order valence-electron chi connectivity index (χ1n) is 9.54. The van der Waals surface area contributed by atoms with Crippen LogP contribution >= 0.6 is 0 Å². The average Bonchev–Trinajstić information content (AvgIpc) is 3.06. The SMILES string of the molecule is CN1C(=O)N[C@@H](c2ccccc2C(F)(F)F)C2=C1CN(CCc1ccccc1)C2=O. The Labute approximate surface area is 171 Å². The highest BCUT2D eigenvalue weighted by Gasteiger charge is 2.45. The second-order valence-electron chi connectivity index (χ2n) is 7.35. The normalized spacial score (nSPS) is 19.3. The molecule has 2 aliphatic rings. The van der Waals surface area contributed by atoms with Gasteiger partial charge >= 0.3 is 12.2 Å². The highest BCUT2D eigenvalue weighted by atomic mass is 19.4. The van der Waals surface area contributed by atoms with Crippen molar-refractivity contribution < 1.29 is 22.8 Å². The van der Waals surface area contributed by atoms with Crippen LogP contribution in [0.5, 0.6) is 0 Å². The van der Waals surface area contributed by atoms with Crippen molar-refractivity contribution in [3.63, 3.8) is 0 Å². The predicted octanol–water partition coefficient (Wildman–Crippen LogP) is 3.74. The Morgan fingerprint density at radius 2 is 1.70 bits per heavy atom. The van der Waals surface area contributed by atoms with Crippen LogP contribution in [0.2, 0.25) is 0 Å². The number of amides is 3. The third kappa shape index (κ3) is 3.53. The lowest BCUT2D eigenvalue weighted by atomic mass is 9.92. The number of carbonyl (C=O) groups excluding carboxylic acids is 2. The number of urea groups is 1. The van der Waals surface area contributed by atoms with Crippen LogP contribution in [0.1, 0.15) is 22.7 Å². The molecular weight excluding hydrogens is 395 g/mol. The van der Waals surface area contributed by atoms with Crippen LogP contribution in [0, 0.1) is 0 Å². The van der Waals surface area contributed by atoms with E-state index in [9.17, 15) is 22.8 Å². The Bertz CT molecular complexity index is 1020. The summed E-state index contributed by atoms with van der Waals surface area (Å²) in [6.07, 6.45) is -3.98. The average molecular weight is 415 g/mol.